The first-order valence-electron chi connectivity index (χ1n) is 9.59. The van der Waals surface area contributed by atoms with E-state index in [-0.39, 0.29) is 12.3 Å². The van der Waals surface area contributed by atoms with E-state index in [9.17, 15) is 14.7 Å². The number of nitrogens with zero attached hydrogens (tertiary/aromatic N) is 2. The van der Waals surface area contributed by atoms with Crippen molar-refractivity contribution in [3.63, 3.8) is 0 Å². The predicted molar refractivity (Wildman–Crippen MR) is 116 cm³/mol. The minimum Gasteiger partial charge on any atom is -0.496 e. The first-order chi connectivity index (χ1) is 14.4. The molecule has 0 saturated carbocycles. The number of aliphatic carboxylic acids is 1. The summed E-state index contributed by atoms with van der Waals surface area (Å²) in [7, 11) is 3.27. The van der Waals surface area contributed by atoms with Crippen molar-refractivity contribution < 1.29 is 19.4 Å². The molecule has 0 atom stereocenters. The summed E-state index contributed by atoms with van der Waals surface area (Å²) in [6.45, 7) is 0. The second-order valence-electron chi connectivity index (χ2n) is 7.55. The third kappa shape index (κ3) is 3.57. The number of ether oxygens (including phenoxy) is 1. The van der Waals surface area contributed by atoms with E-state index in [1.165, 1.54) is 16.2 Å². The Labute approximate surface area is 178 Å². The Morgan fingerprint density at radius 3 is 2.40 bits per heavy atom. The molecular formula is C23H22N2O4S. The van der Waals surface area contributed by atoms with Crippen molar-refractivity contribution in [2.45, 2.75) is 19.3 Å². The number of anilines is 1. The molecule has 0 aliphatic heterocycles. The Balaban J connectivity index is 1.64. The van der Waals surface area contributed by atoms with Crippen LogP contribution in [-0.4, -0.2) is 36.1 Å². The van der Waals surface area contributed by atoms with E-state index in [1.807, 2.05) is 53.9 Å². The molecule has 154 valence electrons. The van der Waals surface area contributed by atoms with Crippen LogP contribution in [0.3, 0.4) is 0 Å². The van der Waals surface area contributed by atoms with Crippen molar-refractivity contribution in [2.75, 3.05) is 19.1 Å². The molecule has 2 aromatic carbocycles. The molecular weight excluding hydrogens is 400 g/mol. The lowest BCUT2D eigenvalue weighted by atomic mass is 9.80. The van der Waals surface area contributed by atoms with Crippen LogP contribution in [0.1, 0.15) is 17.5 Å². The standard InChI is InChI=1S/C23H22N2O4S/c1-25(22-24-18(14-30-22)17-9-5-6-10-19(17)29-2)21(28)23(13-20(26)27)11-15-7-3-4-8-16(15)12-23/h3-10,14H,11-13H2,1-2H3,(H,26,27). The smallest absolute Gasteiger partial charge is 0.304 e. The average molecular weight is 423 g/mol. The number of methoxy groups -OCH3 is 1. The van der Waals surface area contributed by atoms with Crippen LogP contribution in [0.2, 0.25) is 0 Å². The molecule has 4 rings (SSSR count). The van der Waals surface area contributed by atoms with Gasteiger partial charge in [-0.05, 0) is 36.1 Å². The van der Waals surface area contributed by atoms with Crippen molar-refractivity contribution >= 4 is 28.3 Å². The second kappa shape index (κ2) is 7.91. The van der Waals surface area contributed by atoms with Gasteiger partial charge in [-0.2, -0.15) is 0 Å². The van der Waals surface area contributed by atoms with E-state index >= 15 is 0 Å². The SMILES string of the molecule is COc1ccccc1-c1csc(N(C)C(=O)C2(CC(=O)O)Cc3ccccc3C2)n1. The molecule has 1 aliphatic rings. The third-order valence-corrected chi connectivity index (χ3v) is 6.50. The molecule has 6 nitrogen and oxygen atoms in total. The Morgan fingerprint density at radius 2 is 1.77 bits per heavy atom. The van der Waals surface area contributed by atoms with Gasteiger partial charge in [-0.3, -0.25) is 14.5 Å². The highest BCUT2D eigenvalue weighted by Gasteiger charge is 2.47. The summed E-state index contributed by atoms with van der Waals surface area (Å²) in [5, 5.41) is 11.9. The van der Waals surface area contributed by atoms with E-state index in [0.717, 1.165) is 16.7 Å². The molecule has 0 bridgehead atoms. The number of para-hydroxylation sites is 1. The number of fused-ring (bicyclic) bond motifs is 1. The normalized spacial score (nSPS) is 14.2. The highest BCUT2D eigenvalue weighted by molar-refractivity contribution is 7.14. The van der Waals surface area contributed by atoms with Gasteiger partial charge in [-0.25, -0.2) is 4.98 Å². The van der Waals surface area contributed by atoms with Gasteiger partial charge in [0.05, 0.1) is 24.6 Å². The topological polar surface area (TPSA) is 79.7 Å². The summed E-state index contributed by atoms with van der Waals surface area (Å²) < 4.78 is 5.41. The highest BCUT2D eigenvalue weighted by atomic mass is 32.1. The summed E-state index contributed by atoms with van der Waals surface area (Å²) in [4.78, 5) is 31.3. The number of thiazole rings is 1. The number of rotatable bonds is 6. The number of carbonyl (C=O) groups excluding carboxylic acids is 1. The van der Waals surface area contributed by atoms with E-state index < -0.39 is 11.4 Å². The lowest BCUT2D eigenvalue weighted by Crippen LogP contribution is -2.44. The highest BCUT2D eigenvalue weighted by Crippen LogP contribution is 2.42. The van der Waals surface area contributed by atoms with Gasteiger partial charge in [0.25, 0.3) is 0 Å². The van der Waals surface area contributed by atoms with E-state index in [1.54, 1.807) is 14.2 Å². The van der Waals surface area contributed by atoms with Crippen molar-refractivity contribution in [3.8, 4) is 17.0 Å². The van der Waals surface area contributed by atoms with Crippen LogP contribution in [0, 0.1) is 5.41 Å². The Kier molecular flexibility index (Phi) is 5.30. The number of carboxylic acid groups (broad SMARTS) is 1. The van der Waals surface area contributed by atoms with Crippen molar-refractivity contribution in [2.24, 2.45) is 5.41 Å². The van der Waals surface area contributed by atoms with Crippen LogP contribution < -0.4 is 9.64 Å². The zero-order valence-electron chi connectivity index (χ0n) is 16.8. The Morgan fingerprint density at radius 1 is 1.13 bits per heavy atom. The molecule has 0 spiro atoms. The quantitative estimate of drug-likeness (QED) is 0.649. The maximum absolute atomic E-state index is 13.5. The number of benzene rings is 2. The van der Waals surface area contributed by atoms with Crippen LogP contribution in [0.15, 0.2) is 53.9 Å². The summed E-state index contributed by atoms with van der Waals surface area (Å²) >= 11 is 1.35. The van der Waals surface area contributed by atoms with Crippen molar-refractivity contribution in [1.29, 1.82) is 0 Å². The minimum absolute atomic E-state index is 0.213. The monoisotopic (exact) mass is 422 g/mol. The zero-order chi connectivity index (χ0) is 21.3. The van der Waals surface area contributed by atoms with Gasteiger partial charge in [0.1, 0.15) is 5.75 Å². The number of carboxylic acids is 1. The van der Waals surface area contributed by atoms with Crippen LogP contribution in [-0.2, 0) is 22.4 Å². The van der Waals surface area contributed by atoms with Crippen molar-refractivity contribution in [3.05, 3.63) is 65.0 Å². The maximum atomic E-state index is 13.5. The van der Waals surface area contributed by atoms with Gasteiger partial charge in [0.15, 0.2) is 5.13 Å². The maximum Gasteiger partial charge on any atom is 0.304 e. The zero-order valence-corrected chi connectivity index (χ0v) is 17.6. The second-order valence-corrected chi connectivity index (χ2v) is 8.39. The van der Waals surface area contributed by atoms with Gasteiger partial charge in [-0.15, -0.1) is 11.3 Å². The third-order valence-electron chi connectivity index (χ3n) is 5.59. The first-order valence-corrected chi connectivity index (χ1v) is 10.5. The molecule has 0 radical (unpaired) electrons. The molecule has 1 amide bonds. The summed E-state index contributed by atoms with van der Waals surface area (Å²) in [6.07, 6.45) is 0.627. The van der Waals surface area contributed by atoms with Crippen molar-refractivity contribution in [1.82, 2.24) is 4.98 Å². The van der Waals surface area contributed by atoms with Gasteiger partial charge in [-0.1, -0.05) is 36.4 Å². The molecule has 30 heavy (non-hydrogen) atoms. The summed E-state index contributed by atoms with van der Waals surface area (Å²) in [5.41, 5.74) is 2.63. The summed E-state index contributed by atoms with van der Waals surface area (Å²) in [5.74, 6) is -0.489. The molecule has 3 aromatic rings. The van der Waals surface area contributed by atoms with Gasteiger partial charge in [0, 0.05) is 18.0 Å². The molecule has 1 aromatic heterocycles. The van der Waals surface area contributed by atoms with Crippen LogP contribution >= 0.6 is 11.3 Å². The van der Waals surface area contributed by atoms with Crippen LogP contribution in [0.5, 0.6) is 5.75 Å². The largest absolute Gasteiger partial charge is 0.496 e. The first kappa shape index (κ1) is 20.1. The Bertz CT molecular complexity index is 1080. The van der Waals surface area contributed by atoms with Gasteiger partial charge < -0.3 is 9.84 Å². The van der Waals surface area contributed by atoms with Crippen LogP contribution in [0.25, 0.3) is 11.3 Å². The average Bonchev–Trinajstić information content (AvgIpc) is 3.37. The minimum atomic E-state index is -0.999. The summed E-state index contributed by atoms with van der Waals surface area (Å²) in [6, 6.07) is 15.3. The Hall–Kier alpha value is -3.19. The molecule has 7 heteroatoms. The molecule has 0 fully saturated rings. The van der Waals surface area contributed by atoms with E-state index in [0.29, 0.717) is 29.4 Å². The van der Waals surface area contributed by atoms with Gasteiger partial charge >= 0.3 is 5.97 Å². The number of amides is 1. The fourth-order valence-corrected chi connectivity index (χ4v) is 4.97. The molecule has 0 unspecified atom stereocenters. The van der Waals surface area contributed by atoms with Crippen LogP contribution in [0.4, 0.5) is 5.13 Å². The fourth-order valence-electron chi connectivity index (χ4n) is 4.18. The number of hydrogen-bond acceptors (Lipinski definition) is 5. The predicted octanol–water partition coefficient (Wildman–Crippen LogP) is 4.04. The fraction of sp³-hybridized carbons (Fsp3) is 0.261. The van der Waals surface area contributed by atoms with E-state index in [4.69, 9.17) is 4.74 Å². The molecule has 1 aliphatic carbocycles. The number of carbonyl (C=O) groups is 2. The number of hydrogen-bond donors (Lipinski definition) is 1. The van der Waals surface area contributed by atoms with Gasteiger partial charge in [0.2, 0.25) is 5.91 Å². The number of aromatic nitrogens is 1. The van der Waals surface area contributed by atoms with E-state index in [2.05, 4.69) is 4.98 Å². The molecule has 0 saturated heterocycles. The molecule has 1 heterocycles. The molecule has 1 N–H and O–H groups in total. The lowest BCUT2D eigenvalue weighted by molar-refractivity contribution is -0.144. The lowest BCUT2D eigenvalue weighted by Gasteiger charge is -2.30.